The van der Waals surface area contributed by atoms with Gasteiger partial charge < -0.3 is 15.3 Å². The van der Waals surface area contributed by atoms with Crippen molar-refractivity contribution in [1.29, 1.82) is 0 Å². The van der Waals surface area contributed by atoms with Gasteiger partial charge in [-0.2, -0.15) is 13.2 Å². The Balaban J connectivity index is 1.40. The normalized spacial score (nSPS) is 24.5. The summed E-state index contributed by atoms with van der Waals surface area (Å²) in [6, 6.07) is 15.8. The molecule has 0 aromatic heterocycles. The Kier molecular flexibility index (Phi) is 7.30. The monoisotopic (exact) mass is 488 g/mol. The van der Waals surface area contributed by atoms with E-state index in [1.807, 2.05) is 6.07 Å². The molecule has 35 heavy (non-hydrogen) atoms. The molecule has 1 saturated heterocycles. The highest BCUT2D eigenvalue weighted by molar-refractivity contribution is 5.84. The lowest BCUT2D eigenvalue weighted by Crippen LogP contribution is -2.53. The molecular weight excluding hydrogens is 453 g/mol. The number of nitrogens with one attached hydrogen (secondary N) is 1. The topological polar surface area (TPSA) is 52.6 Å². The van der Waals surface area contributed by atoms with Crippen LogP contribution in [-0.4, -0.2) is 40.6 Å². The van der Waals surface area contributed by atoms with Crippen LogP contribution in [0, 0.1) is 5.41 Å². The first-order chi connectivity index (χ1) is 16.5. The quantitative estimate of drug-likeness (QED) is 0.564. The van der Waals surface area contributed by atoms with E-state index in [1.54, 1.807) is 19.9 Å². The third-order valence-corrected chi connectivity index (χ3v) is 8.12. The number of piperidine rings is 1. The summed E-state index contributed by atoms with van der Waals surface area (Å²) in [5.74, 6) is 0.257. The molecule has 0 bridgehead atoms. The molecule has 4 nitrogen and oxygen atoms in total. The average Bonchev–Trinajstić information content (AvgIpc) is 3.30. The van der Waals surface area contributed by atoms with Crippen LogP contribution in [0.2, 0.25) is 0 Å². The highest BCUT2D eigenvalue weighted by Crippen LogP contribution is 2.49. The van der Waals surface area contributed by atoms with Crippen LogP contribution in [0.5, 0.6) is 0 Å². The summed E-state index contributed by atoms with van der Waals surface area (Å²) in [5, 5.41) is 13.9. The van der Waals surface area contributed by atoms with E-state index in [0.29, 0.717) is 24.3 Å². The van der Waals surface area contributed by atoms with Crippen molar-refractivity contribution in [2.45, 2.75) is 76.2 Å². The summed E-state index contributed by atoms with van der Waals surface area (Å²) in [6.07, 6.45) is -0.386. The molecule has 0 unspecified atom stereocenters. The van der Waals surface area contributed by atoms with E-state index in [0.717, 1.165) is 44.5 Å². The Bertz CT molecular complexity index is 1010. The van der Waals surface area contributed by atoms with Crippen molar-refractivity contribution in [3.8, 4) is 0 Å². The Labute approximate surface area is 205 Å². The van der Waals surface area contributed by atoms with Gasteiger partial charge in [0.05, 0.1) is 16.6 Å². The second-order valence-electron chi connectivity index (χ2n) is 10.6. The van der Waals surface area contributed by atoms with Gasteiger partial charge >= 0.3 is 6.18 Å². The van der Waals surface area contributed by atoms with Crippen LogP contribution >= 0.6 is 0 Å². The van der Waals surface area contributed by atoms with Gasteiger partial charge in [0.2, 0.25) is 5.91 Å². The summed E-state index contributed by atoms with van der Waals surface area (Å²) in [5.41, 5.74) is -1.20. The van der Waals surface area contributed by atoms with Gasteiger partial charge in [0.25, 0.3) is 0 Å². The predicted molar refractivity (Wildman–Crippen MR) is 130 cm³/mol. The number of amides is 1. The lowest BCUT2D eigenvalue weighted by molar-refractivity contribution is -0.147. The Morgan fingerprint density at radius 1 is 1.06 bits per heavy atom. The summed E-state index contributed by atoms with van der Waals surface area (Å²) in [4.78, 5) is 15.9. The first-order valence-corrected chi connectivity index (χ1v) is 12.5. The van der Waals surface area contributed by atoms with Crippen molar-refractivity contribution in [2.75, 3.05) is 13.1 Å². The Morgan fingerprint density at radius 3 is 2.37 bits per heavy atom. The maximum atomic E-state index is 13.4. The number of hydrogen-bond donors (Lipinski definition) is 2. The molecule has 2 N–H and O–H groups in total. The number of aliphatic hydroxyl groups is 1. The van der Waals surface area contributed by atoms with Gasteiger partial charge in [-0.3, -0.25) is 4.79 Å². The van der Waals surface area contributed by atoms with Crippen LogP contribution in [0.1, 0.15) is 68.6 Å². The number of hydrogen-bond acceptors (Lipinski definition) is 3. The van der Waals surface area contributed by atoms with Gasteiger partial charge in [-0.1, -0.05) is 42.5 Å². The summed E-state index contributed by atoms with van der Waals surface area (Å²) in [7, 11) is 0. The molecule has 7 heteroatoms. The Hall–Kier alpha value is -2.38. The molecule has 0 radical (unpaired) electrons. The van der Waals surface area contributed by atoms with Crippen LogP contribution in [-0.2, 0) is 17.5 Å². The number of halogens is 3. The van der Waals surface area contributed by atoms with Gasteiger partial charge in [0, 0.05) is 12.6 Å². The highest BCUT2D eigenvalue weighted by atomic mass is 19.4. The van der Waals surface area contributed by atoms with Crippen molar-refractivity contribution >= 4 is 5.91 Å². The first kappa shape index (κ1) is 25.7. The number of alkyl halides is 3. The molecule has 2 atom stereocenters. The molecule has 1 aliphatic heterocycles. The second kappa shape index (κ2) is 9.94. The van der Waals surface area contributed by atoms with Crippen LogP contribution in [0.3, 0.4) is 0 Å². The third-order valence-electron chi connectivity index (χ3n) is 8.12. The standard InChI is InChI=1S/C28H35F3N2O2/c1-26(2,35)27(25(34)32-19-20-7-6-10-23(17-20)28(29,30)31)14-11-24(18-27)33-15-12-22(13-16-33)21-8-4-3-5-9-21/h3-10,17,22,24,35H,11-16,18-19H2,1-2H3,(H,32,34)/t24-,27-/m1/s1. The van der Waals surface area contributed by atoms with Gasteiger partial charge in [0.15, 0.2) is 0 Å². The lowest BCUT2D eigenvalue weighted by atomic mass is 9.71. The second-order valence-corrected chi connectivity index (χ2v) is 10.6. The van der Waals surface area contributed by atoms with E-state index < -0.39 is 22.8 Å². The zero-order chi connectivity index (χ0) is 25.3. The molecule has 0 spiro atoms. The minimum Gasteiger partial charge on any atom is -0.389 e. The molecule has 2 aromatic rings. The van der Waals surface area contributed by atoms with Gasteiger partial charge in [-0.25, -0.2) is 0 Å². The minimum absolute atomic E-state index is 0.00623. The maximum absolute atomic E-state index is 13.4. The van der Waals surface area contributed by atoms with Crippen LogP contribution in [0.25, 0.3) is 0 Å². The Morgan fingerprint density at radius 2 is 1.74 bits per heavy atom. The molecule has 2 fully saturated rings. The summed E-state index contributed by atoms with van der Waals surface area (Å²) in [6.45, 7) is 5.24. The van der Waals surface area contributed by atoms with E-state index in [-0.39, 0.29) is 18.5 Å². The fraction of sp³-hybridized carbons (Fsp3) is 0.536. The highest BCUT2D eigenvalue weighted by Gasteiger charge is 2.55. The van der Waals surface area contributed by atoms with E-state index in [9.17, 15) is 23.1 Å². The summed E-state index contributed by atoms with van der Waals surface area (Å²) >= 11 is 0. The van der Waals surface area contributed by atoms with E-state index in [4.69, 9.17) is 0 Å². The first-order valence-electron chi connectivity index (χ1n) is 12.5. The number of likely N-dealkylation sites (tertiary alicyclic amines) is 1. The SMILES string of the molecule is CC(C)(O)[C@]1(C(=O)NCc2cccc(C(F)(F)F)c2)CC[C@@H](N2CCC(c3ccccc3)CC2)C1. The molecule has 2 aliphatic rings. The number of benzene rings is 2. The fourth-order valence-corrected chi connectivity index (χ4v) is 5.90. The molecule has 190 valence electrons. The largest absolute Gasteiger partial charge is 0.416 e. The van der Waals surface area contributed by atoms with Gasteiger partial charge in [0.1, 0.15) is 0 Å². The van der Waals surface area contributed by atoms with Gasteiger partial charge in [-0.05, 0) is 88.2 Å². The number of carbonyl (C=O) groups excluding carboxylic acids is 1. The molecule has 1 amide bonds. The number of carbonyl (C=O) groups is 1. The maximum Gasteiger partial charge on any atom is 0.416 e. The molecular formula is C28H35F3N2O2. The zero-order valence-electron chi connectivity index (χ0n) is 20.4. The van der Waals surface area contributed by atoms with E-state index >= 15 is 0 Å². The minimum atomic E-state index is -4.43. The fourth-order valence-electron chi connectivity index (χ4n) is 5.90. The van der Waals surface area contributed by atoms with Crippen molar-refractivity contribution in [3.05, 3.63) is 71.3 Å². The lowest BCUT2D eigenvalue weighted by Gasteiger charge is -2.41. The number of rotatable bonds is 6. The third kappa shape index (κ3) is 5.56. The zero-order valence-corrected chi connectivity index (χ0v) is 20.4. The molecule has 1 heterocycles. The molecule has 2 aromatic carbocycles. The molecule has 1 saturated carbocycles. The van der Waals surface area contributed by atoms with Crippen LogP contribution < -0.4 is 5.32 Å². The predicted octanol–water partition coefficient (Wildman–Crippen LogP) is 5.51. The molecule has 1 aliphatic carbocycles. The summed E-state index contributed by atoms with van der Waals surface area (Å²) < 4.78 is 39.1. The number of nitrogens with zero attached hydrogens (tertiary/aromatic N) is 1. The van der Waals surface area contributed by atoms with E-state index in [1.165, 1.54) is 11.6 Å². The van der Waals surface area contributed by atoms with Crippen LogP contribution in [0.4, 0.5) is 13.2 Å². The average molecular weight is 489 g/mol. The van der Waals surface area contributed by atoms with E-state index in [2.05, 4.69) is 34.5 Å². The molecule has 4 rings (SSSR count). The van der Waals surface area contributed by atoms with Crippen molar-refractivity contribution in [1.82, 2.24) is 10.2 Å². The smallest absolute Gasteiger partial charge is 0.389 e. The van der Waals surface area contributed by atoms with Gasteiger partial charge in [-0.15, -0.1) is 0 Å². The van der Waals surface area contributed by atoms with Crippen molar-refractivity contribution in [2.24, 2.45) is 5.41 Å². The van der Waals surface area contributed by atoms with Crippen molar-refractivity contribution < 1.29 is 23.1 Å². The van der Waals surface area contributed by atoms with Crippen molar-refractivity contribution in [3.63, 3.8) is 0 Å². The van der Waals surface area contributed by atoms with Crippen LogP contribution in [0.15, 0.2) is 54.6 Å².